The molecule has 13 heteroatoms. The summed E-state index contributed by atoms with van der Waals surface area (Å²) >= 11 is 0. The summed E-state index contributed by atoms with van der Waals surface area (Å²) < 4.78 is 41.7. The van der Waals surface area contributed by atoms with E-state index in [-0.39, 0.29) is 41.1 Å². The number of ether oxygens (including phenoxy) is 2. The molecular weight excluding hydrogens is 534 g/mol. The number of imidazole rings is 1. The average molecular weight is 567 g/mol. The van der Waals surface area contributed by atoms with E-state index in [9.17, 15) is 4.79 Å². The highest BCUT2D eigenvalue weighted by atomic mass is 19.1. The number of piperidine rings is 1. The molecule has 216 valence electrons. The van der Waals surface area contributed by atoms with E-state index in [1.807, 2.05) is 13.0 Å². The van der Waals surface area contributed by atoms with E-state index in [0.29, 0.717) is 30.2 Å². The lowest BCUT2D eigenvalue weighted by Gasteiger charge is -2.42. The molecule has 0 unspecified atom stereocenters. The van der Waals surface area contributed by atoms with Crippen LogP contribution in [-0.4, -0.2) is 64.1 Å². The minimum absolute atomic E-state index is 0.0254. The van der Waals surface area contributed by atoms with Crippen LogP contribution in [0.2, 0.25) is 0 Å². The van der Waals surface area contributed by atoms with Crippen LogP contribution in [0, 0.1) is 17.6 Å². The van der Waals surface area contributed by atoms with Gasteiger partial charge in [-0.15, -0.1) is 0 Å². The zero-order valence-electron chi connectivity index (χ0n) is 23.1. The number of alkyl carbamates (subject to hydrolysis) is 1. The number of carbonyl (C=O) groups excluding carboxylic acids is 1. The third-order valence-electron chi connectivity index (χ3n) is 6.90. The summed E-state index contributed by atoms with van der Waals surface area (Å²) in [6.45, 7) is 6.64. The van der Waals surface area contributed by atoms with E-state index in [1.165, 1.54) is 17.7 Å². The summed E-state index contributed by atoms with van der Waals surface area (Å²) in [5.41, 5.74) is 8.35. The molecule has 1 aliphatic heterocycles. The maximum atomic E-state index is 15.0. The second kappa shape index (κ2) is 11.5. The Kier molecular flexibility index (Phi) is 7.88. The summed E-state index contributed by atoms with van der Waals surface area (Å²) in [5.74, 6) is -1.11. The van der Waals surface area contributed by atoms with Gasteiger partial charge in [0.1, 0.15) is 17.4 Å². The van der Waals surface area contributed by atoms with Crippen LogP contribution in [0.25, 0.3) is 16.8 Å². The average Bonchev–Trinajstić information content (AvgIpc) is 3.32. The van der Waals surface area contributed by atoms with Gasteiger partial charge in [-0.2, -0.15) is 9.61 Å². The van der Waals surface area contributed by atoms with Gasteiger partial charge in [0.05, 0.1) is 59.8 Å². The van der Waals surface area contributed by atoms with Crippen molar-refractivity contribution in [2.45, 2.75) is 39.0 Å². The fourth-order valence-electron chi connectivity index (χ4n) is 5.08. The third kappa shape index (κ3) is 5.85. The van der Waals surface area contributed by atoms with Gasteiger partial charge in [-0.3, -0.25) is 4.98 Å². The van der Waals surface area contributed by atoms with Crippen molar-refractivity contribution in [2.24, 2.45) is 11.7 Å². The number of methoxy groups -OCH3 is 1. The van der Waals surface area contributed by atoms with E-state index in [2.05, 4.69) is 30.6 Å². The highest BCUT2D eigenvalue weighted by molar-refractivity contribution is 5.74. The number of pyridine rings is 1. The van der Waals surface area contributed by atoms with Crippen LogP contribution in [0.4, 0.5) is 30.9 Å². The predicted molar refractivity (Wildman–Crippen MR) is 150 cm³/mol. The molecule has 3 aromatic heterocycles. The van der Waals surface area contributed by atoms with Crippen molar-refractivity contribution >= 4 is 28.9 Å². The number of hydrogen-bond acceptors (Lipinski definition) is 9. The first kappa shape index (κ1) is 28.0. The molecule has 0 bridgehead atoms. The number of nitrogens with two attached hydrogens (primary N) is 1. The summed E-state index contributed by atoms with van der Waals surface area (Å²) in [5, 5.41) is 10.6. The highest BCUT2D eigenvalue weighted by Crippen LogP contribution is 2.33. The summed E-state index contributed by atoms with van der Waals surface area (Å²) in [4.78, 5) is 22.6. The van der Waals surface area contributed by atoms with Gasteiger partial charge in [-0.25, -0.2) is 18.6 Å². The first-order chi connectivity index (χ1) is 19.6. The Morgan fingerprint density at radius 2 is 1.90 bits per heavy atom. The van der Waals surface area contributed by atoms with Crippen molar-refractivity contribution in [3.63, 3.8) is 0 Å². The summed E-state index contributed by atoms with van der Waals surface area (Å²) in [7, 11) is 1.32. The van der Waals surface area contributed by atoms with Crippen LogP contribution in [-0.2, 0) is 4.74 Å². The van der Waals surface area contributed by atoms with Crippen LogP contribution < -0.4 is 26.0 Å². The van der Waals surface area contributed by atoms with Gasteiger partial charge in [-0.05, 0) is 38.0 Å². The number of fused-ring (bicyclic) bond motifs is 1. The number of nitrogens with zero attached hydrogens (tertiary/aromatic N) is 5. The Morgan fingerprint density at radius 3 is 2.59 bits per heavy atom. The summed E-state index contributed by atoms with van der Waals surface area (Å²) in [6, 6.07) is 6.78. The molecule has 0 spiro atoms. The van der Waals surface area contributed by atoms with Gasteiger partial charge < -0.3 is 30.7 Å². The Hall–Kier alpha value is -4.52. The third-order valence-corrected chi connectivity index (χ3v) is 6.90. The molecule has 4 aromatic rings. The predicted octanol–water partition coefficient (Wildman–Crippen LogP) is 4.11. The number of hydrogen-bond donors (Lipinski definition) is 3. The monoisotopic (exact) mass is 566 g/mol. The molecule has 1 aromatic carbocycles. The normalized spacial score (nSPS) is 18.9. The molecule has 11 nitrogen and oxygen atoms in total. The van der Waals surface area contributed by atoms with Gasteiger partial charge in [0.15, 0.2) is 0 Å². The van der Waals surface area contributed by atoms with Crippen molar-refractivity contribution in [2.75, 3.05) is 30.4 Å². The zero-order chi connectivity index (χ0) is 29.3. The number of carbonyl (C=O) groups is 1. The quantitative estimate of drug-likeness (QED) is 0.302. The Balaban J connectivity index is 1.43. The maximum Gasteiger partial charge on any atom is 0.407 e. The standard InChI is InChI=1S/C28H32F2N8O3/c1-15(2)41-18-9-19(29)25(20(30)10-18)22-6-5-17-11-33-27(38(17)36-22)34-23-12-32-8-7-24(23)37-13-16(3)26(21(31)14-37)35-28(39)40-4/h5-12,15-16,21,26H,13-14,31H2,1-4H3,(H,33,34)(H,35,39)/t16-,21+,26-/m0/s1. The van der Waals surface area contributed by atoms with Crippen LogP contribution in [0.1, 0.15) is 20.8 Å². The number of rotatable bonds is 7. The van der Waals surface area contributed by atoms with Crippen molar-refractivity contribution in [1.29, 1.82) is 0 Å². The van der Waals surface area contributed by atoms with E-state index in [0.717, 1.165) is 17.8 Å². The van der Waals surface area contributed by atoms with E-state index < -0.39 is 17.7 Å². The first-order valence-electron chi connectivity index (χ1n) is 13.2. The maximum absolute atomic E-state index is 15.0. The molecule has 0 saturated carbocycles. The fraction of sp³-hybridized carbons (Fsp3) is 0.357. The smallest absolute Gasteiger partial charge is 0.407 e. The van der Waals surface area contributed by atoms with Crippen LogP contribution >= 0.6 is 0 Å². The van der Waals surface area contributed by atoms with Crippen molar-refractivity contribution in [3.8, 4) is 17.0 Å². The SMILES string of the molecule is COC(=O)N[C@@H]1[C@H](N)CN(c2ccncc2Nc2ncc3ccc(-c4c(F)cc(OC(C)C)cc4F)nn23)C[C@@H]1C. The minimum atomic E-state index is -0.785. The fourth-order valence-corrected chi connectivity index (χ4v) is 5.08. The molecule has 4 N–H and O–H groups in total. The van der Waals surface area contributed by atoms with E-state index >= 15 is 8.78 Å². The number of anilines is 3. The first-order valence-corrected chi connectivity index (χ1v) is 13.2. The zero-order valence-corrected chi connectivity index (χ0v) is 23.1. The number of nitrogens with one attached hydrogen (secondary N) is 2. The van der Waals surface area contributed by atoms with Crippen LogP contribution in [0.3, 0.4) is 0 Å². The Labute approximate surface area is 235 Å². The molecule has 1 amide bonds. The van der Waals surface area contributed by atoms with Crippen LogP contribution in [0.15, 0.2) is 48.9 Å². The van der Waals surface area contributed by atoms with Gasteiger partial charge >= 0.3 is 6.09 Å². The number of benzene rings is 1. The van der Waals surface area contributed by atoms with Gasteiger partial charge in [0, 0.05) is 37.5 Å². The molecular formula is C28H32F2N8O3. The molecule has 1 saturated heterocycles. The lowest BCUT2D eigenvalue weighted by atomic mass is 9.90. The molecule has 0 aliphatic carbocycles. The molecule has 1 aliphatic rings. The number of aromatic nitrogens is 4. The number of amides is 1. The van der Waals surface area contributed by atoms with Crippen molar-refractivity contribution in [1.82, 2.24) is 24.9 Å². The van der Waals surface area contributed by atoms with Gasteiger partial charge in [-0.1, -0.05) is 6.92 Å². The largest absolute Gasteiger partial charge is 0.491 e. The lowest BCUT2D eigenvalue weighted by molar-refractivity contribution is 0.156. The molecule has 1 fully saturated rings. The van der Waals surface area contributed by atoms with Gasteiger partial charge in [0.25, 0.3) is 0 Å². The van der Waals surface area contributed by atoms with E-state index in [4.69, 9.17) is 15.2 Å². The molecule has 41 heavy (non-hydrogen) atoms. The van der Waals surface area contributed by atoms with E-state index in [1.54, 1.807) is 38.5 Å². The number of halogens is 2. The van der Waals surface area contributed by atoms with Crippen LogP contribution in [0.5, 0.6) is 5.75 Å². The van der Waals surface area contributed by atoms with Crippen molar-refractivity contribution in [3.05, 3.63) is 60.6 Å². The molecule has 4 heterocycles. The van der Waals surface area contributed by atoms with Crippen molar-refractivity contribution < 1.29 is 23.0 Å². The second-order valence-corrected chi connectivity index (χ2v) is 10.3. The molecule has 3 atom stereocenters. The Morgan fingerprint density at radius 1 is 1.15 bits per heavy atom. The Bertz CT molecular complexity index is 1530. The second-order valence-electron chi connectivity index (χ2n) is 10.3. The topological polar surface area (TPSA) is 132 Å². The lowest BCUT2D eigenvalue weighted by Crippen LogP contribution is -2.62. The summed E-state index contributed by atoms with van der Waals surface area (Å²) in [6.07, 6.45) is 4.18. The highest BCUT2D eigenvalue weighted by Gasteiger charge is 2.34. The molecule has 0 radical (unpaired) electrons. The minimum Gasteiger partial charge on any atom is -0.491 e. The van der Waals surface area contributed by atoms with Gasteiger partial charge in [0.2, 0.25) is 5.95 Å². The molecule has 5 rings (SSSR count).